The Hall–Kier alpha value is -3.27. The van der Waals surface area contributed by atoms with Gasteiger partial charge in [-0.05, 0) is 66.4 Å². The van der Waals surface area contributed by atoms with Gasteiger partial charge in [-0.1, -0.05) is 30.3 Å². The highest BCUT2D eigenvalue weighted by molar-refractivity contribution is 6.02. The summed E-state index contributed by atoms with van der Waals surface area (Å²) >= 11 is 0. The summed E-state index contributed by atoms with van der Waals surface area (Å²) in [6, 6.07) is 16.6. The third-order valence-corrected chi connectivity index (χ3v) is 4.97. The van der Waals surface area contributed by atoms with Crippen LogP contribution in [0.5, 0.6) is 5.75 Å². The minimum atomic E-state index is -0.344. The van der Waals surface area contributed by atoms with Gasteiger partial charge in [0.1, 0.15) is 24.0 Å². The number of halogens is 2. The Bertz CT molecular complexity index is 1110. The highest BCUT2D eigenvalue weighted by Crippen LogP contribution is 2.41. The zero-order chi connectivity index (χ0) is 19.8. The lowest BCUT2D eigenvalue weighted by Crippen LogP contribution is -1.99. The largest absolute Gasteiger partial charge is 0.488 e. The van der Waals surface area contributed by atoms with E-state index in [9.17, 15) is 13.6 Å². The van der Waals surface area contributed by atoms with Crippen LogP contribution in [0.4, 0.5) is 8.78 Å². The van der Waals surface area contributed by atoms with E-state index in [2.05, 4.69) is 0 Å². The zero-order valence-electron chi connectivity index (χ0n) is 15.6. The highest BCUT2D eigenvalue weighted by atomic mass is 19.1. The fourth-order valence-corrected chi connectivity index (χ4v) is 3.49. The second-order valence-electron chi connectivity index (χ2n) is 6.88. The lowest BCUT2D eigenvalue weighted by molar-refractivity contribution is 0.101. The summed E-state index contributed by atoms with van der Waals surface area (Å²) in [6.45, 7) is 3.51. The summed E-state index contributed by atoms with van der Waals surface area (Å²) in [7, 11) is 0. The van der Waals surface area contributed by atoms with Crippen LogP contribution in [0.25, 0.3) is 11.1 Å². The van der Waals surface area contributed by atoms with E-state index >= 15 is 0 Å². The highest BCUT2D eigenvalue weighted by Gasteiger charge is 2.24. The molecule has 0 spiro atoms. The first kappa shape index (κ1) is 18.1. The van der Waals surface area contributed by atoms with Crippen LogP contribution in [0.15, 0.2) is 60.7 Å². The number of ether oxygens (including phenoxy) is 1. The molecule has 28 heavy (non-hydrogen) atoms. The number of rotatable bonds is 3. The van der Waals surface area contributed by atoms with Gasteiger partial charge < -0.3 is 4.74 Å². The predicted octanol–water partition coefficient (Wildman–Crippen LogP) is 5.83. The number of carbonyl (C=O) groups excluding carboxylic acids is 1. The molecule has 0 unspecified atom stereocenters. The molecule has 0 aliphatic carbocycles. The van der Waals surface area contributed by atoms with Crippen molar-refractivity contribution in [2.75, 3.05) is 6.61 Å². The Labute approximate surface area is 162 Å². The fraction of sp³-hybridized carbons (Fsp3) is 0.125. The molecule has 0 fully saturated rings. The first-order valence-corrected chi connectivity index (χ1v) is 8.98. The maximum Gasteiger partial charge on any atom is 0.159 e. The van der Waals surface area contributed by atoms with Crippen molar-refractivity contribution in [1.29, 1.82) is 0 Å². The van der Waals surface area contributed by atoms with Gasteiger partial charge in [0.25, 0.3) is 0 Å². The molecule has 0 saturated carbocycles. The maximum absolute atomic E-state index is 13.9. The second kappa shape index (κ2) is 7.04. The van der Waals surface area contributed by atoms with Crippen LogP contribution in [0.1, 0.15) is 39.5 Å². The van der Waals surface area contributed by atoms with Gasteiger partial charge in [0.15, 0.2) is 5.78 Å². The van der Waals surface area contributed by atoms with Crippen molar-refractivity contribution in [3.8, 4) is 5.75 Å². The van der Waals surface area contributed by atoms with Crippen LogP contribution in [-0.2, 0) is 0 Å². The Kier molecular flexibility index (Phi) is 4.55. The van der Waals surface area contributed by atoms with Crippen LogP contribution >= 0.6 is 0 Å². The third kappa shape index (κ3) is 3.22. The van der Waals surface area contributed by atoms with E-state index in [4.69, 9.17) is 4.74 Å². The molecule has 0 atom stereocenters. The van der Waals surface area contributed by atoms with Crippen LogP contribution in [-0.4, -0.2) is 12.4 Å². The molecule has 1 heterocycles. The minimum Gasteiger partial charge on any atom is -0.488 e. The van der Waals surface area contributed by atoms with Crippen molar-refractivity contribution in [1.82, 2.24) is 0 Å². The van der Waals surface area contributed by atoms with Gasteiger partial charge in [0, 0.05) is 16.7 Å². The fourth-order valence-electron chi connectivity index (χ4n) is 3.49. The lowest BCUT2D eigenvalue weighted by Gasteiger charge is -2.14. The molecule has 4 rings (SSSR count). The van der Waals surface area contributed by atoms with Crippen LogP contribution in [0.2, 0.25) is 0 Å². The van der Waals surface area contributed by atoms with Crippen molar-refractivity contribution in [3.05, 3.63) is 100 Å². The Morgan fingerprint density at radius 3 is 2.25 bits per heavy atom. The molecule has 0 bridgehead atoms. The summed E-state index contributed by atoms with van der Waals surface area (Å²) < 4.78 is 33.5. The maximum atomic E-state index is 13.9. The predicted molar refractivity (Wildman–Crippen MR) is 105 cm³/mol. The number of hydrogen-bond acceptors (Lipinski definition) is 2. The van der Waals surface area contributed by atoms with E-state index in [0.717, 1.165) is 22.3 Å². The van der Waals surface area contributed by atoms with E-state index in [-0.39, 0.29) is 17.4 Å². The molecular weight excluding hydrogens is 358 g/mol. The van der Waals surface area contributed by atoms with Gasteiger partial charge in [-0.15, -0.1) is 0 Å². The van der Waals surface area contributed by atoms with Gasteiger partial charge in [0.2, 0.25) is 0 Å². The Balaban J connectivity index is 1.96. The monoisotopic (exact) mass is 376 g/mol. The SMILES string of the molecule is CC(=O)c1ccc(/C(=C2\COc3ccc(F)cc32)c2ccc(F)c(C)c2)cc1. The second-order valence-corrected chi connectivity index (χ2v) is 6.88. The number of benzene rings is 3. The van der Waals surface area contributed by atoms with E-state index < -0.39 is 0 Å². The van der Waals surface area contributed by atoms with E-state index in [1.807, 2.05) is 12.1 Å². The van der Waals surface area contributed by atoms with Crippen molar-refractivity contribution in [3.63, 3.8) is 0 Å². The van der Waals surface area contributed by atoms with Gasteiger partial charge in [-0.2, -0.15) is 0 Å². The molecule has 0 N–H and O–H groups in total. The van der Waals surface area contributed by atoms with E-state index in [0.29, 0.717) is 29.0 Å². The van der Waals surface area contributed by atoms with Gasteiger partial charge in [-0.3, -0.25) is 4.79 Å². The number of aryl methyl sites for hydroxylation is 1. The summed E-state index contributed by atoms with van der Waals surface area (Å²) in [5.41, 5.74) is 5.15. The number of hydrogen-bond donors (Lipinski definition) is 0. The summed E-state index contributed by atoms with van der Waals surface area (Å²) in [4.78, 5) is 11.6. The molecule has 3 aromatic rings. The minimum absolute atomic E-state index is 0.0185. The van der Waals surface area contributed by atoms with Gasteiger partial charge in [0.05, 0.1) is 0 Å². The van der Waals surface area contributed by atoms with Gasteiger partial charge in [-0.25, -0.2) is 8.78 Å². The smallest absolute Gasteiger partial charge is 0.159 e. The average Bonchev–Trinajstić information content (AvgIpc) is 3.08. The molecular formula is C24H18F2O2. The number of fused-ring (bicyclic) bond motifs is 1. The molecule has 1 aliphatic heterocycles. The van der Waals surface area contributed by atoms with E-state index in [1.54, 1.807) is 37.3 Å². The Morgan fingerprint density at radius 1 is 0.893 bits per heavy atom. The van der Waals surface area contributed by atoms with Crippen molar-refractivity contribution in [2.24, 2.45) is 0 Å². The molecule has 2 nitrogen and oxygen atoms in total. The zero-order valence-corrected chi connectivity index (χ0v) is 15.6. The third-order valence-electron chi connectivity index (χ3n) is 4.97. The number of ketones is 1. The molecule has 0 radical (unpaired) electrons. The Morgan fingerprint density at radius 2 is 1.57 bits per heavy atom. The molecule has 3 aromatic carbocycles. The molecule has 140 valence electrons. The summed E-state index contributed by atoms with van der Waals surface area (Å²) in [6.07, 6.45) is 0. The number of Topliss-reactive ketones (excluding diaryl/α,β-unsaturated/α-hetero) is 1. The average molecular weight is 376 g/mol. The summed E-state index contributed by atoms with van der Waals surface area (Å²) in [5.74, 6) is -0.0273. The van der Waals surface area contributed by atoms with Crippen molar-refractivity contribution >= 4 is 16.9 Å². The first-order chi connectivity index (χ1) is 13.4. The standard InChI is InChI=1S/C24H18F2O2/c1-14-11-18(7-9-22(14)26)24(17-5-3-16(4-6-17)15(2)27)21-13-28-23-10-8-19(25)12-20(21)23/h3-12H,13H2,1-2H3/b24-21-. The number of carbonyl (C=O) groups is 1. The quantitative estimate of drug-likeness (QED) is 0.538. The van der Waals surface area contributed by atoms with Crippen molar-refractivity contribution < 1.29 is 18.3 Å². The molecule has 4 heteroatoms. The van der Waals surface area contributed by atoms with Crippen LogP contribution in [0.3, 0.4) is 0 Å². The summed E-state index contributed by atoms with van der Waals surface area (Å²) in [5, 5.41) is 0. The molecule has 1 aliphatic rings. The topological polar surface area (TPSA) is 26.3 Å². The van der Waals surface area contributed by atoms with E-state index in [1.165, 1.54) is 25.1 Å². The van der Waals surface area contributed by atoms with Crippen LogP contribution in [0, 0.1) is 18.6 Å². The first-order valence-electron chi connectivity index (χ1n) is 8.98. The normalized spacial score (nSPS) is 14.4. The molecule has 0 saturated heterocycles. The van der Waals surface area contributed by atoms with Gasteiger partial charge >= 0.3 is 0 Å². The lowest BCUT2D eigenvalue weighted by atomic mass is 9.89. The molecule has 0 amide bonds. The molecule has 0 aromatic heterocycles. The van der Waals surface area contributed by atoms with Crippen LogP contribution < -0.4 is 4.74 Å². The van der Waals surface area contributed by atoms with Crippen molar-refractivity contribution in [2.45, 2.75) is 13.8 Å².